The highest BCUT2D eigenvalue weighted by molar-refractivity contribution is 8.00. The van der Waals surface area contributed by atoms with Gasteiger partial charge in [-0.2, -0.15) is 11.8 Å². The number of carbonyl (C=O) groups is 1. The molecule has 2 saturated heterocycles. The van der Waals surface area contributed by atoms with Gasteiger partial charge in [0.25, 0.3) is 0 Å². The van der Waals surface area contributed by atoms with E-state index >= 15 is 0 Å². The average molecular weight is 293 g/mol. The van der Waals surface area contributed by atoms with E-state index in [4.69, 9.17) is 0 Å². The number of halogens is 1. The van der Waals surface area contributed by atoms with Crippen molar-refractivity contribution in [3.8, 4) is 0 Å². The number of hydrogen-bond acceptors (Lipinski definition) is 3. The van der Waals surface area contributed by atoms with Crippen LogP contribution in [0.1, 0.15) is 39.0 Å². The third-order valence-electron chi connectivity index (χ3n) is 3.89. The molecule has 2 aliphatic heterocycles. The molecule has 3 nitrogen and oxygen atoms in total. The summed E-state index contributed by atoms with van der Waals surface area (Å²) in [5.74, 6) is 2.10. The van der Waals surface area contributed by atoms with Crippen LogP contribution >= 0.6 is 24.2 Å². The minimum Gasteiger partial charge on any atom is -0.355 e. The van der Waals surface area contributed by atoms with E-state index in [0.717, 1.165) is 38.9 Å². The lowest BCUT2D eigenvalue weighted by Gasteiger charge is -2.25. The van der Waals surface area contributed by atoms with Gasteiger partial charge in [-0.15, -0.1) is 12.4 Å². The van der Waals surface area contributed by atoms with Gasteiger partial charge < -0.3 is 10.6 Å². The van der Waals surface area contributed by atoms with E-state index in [1.165, 1.54) is 18.6 Å². The summed E-state index contributed by atoms with van der Waals surface area (Å²) in [7, 11) is 0. The van der Waals surface area contributed by atoms with Gasteiger partial charge >= 0.3 is 0 Å². The molecule has 0 saturated carbocycles. The van der Waals surface area contributed by atoms with Crippen LogP contribution in [-0.2, 0) is 4.79 Å². The Morgan fingerprint density at radius 1 is 1.44 bits per heavy atom. The molecule has 2 heterocycles. The van der Waals surface area contributed by atoms with Crippen LogP contribution in [0.2, 0.25) is 0 Å². The zero-order chi connectivity index (χ0) is 12.1. The smallest absolute Gasteiger partial charge is 0.220 e. The lowest BCUT2D eigenvalue weighted by molar-refractivity contribution is -0.122. The minimum absolute atomic E-state index is 0. The van der Waals surface area contributed by atoms with Gasteiger partial charge in [-0.1, -0.05) is 0 Å². The number of rotatable bonds is 4. The summed E-state index contributed by atoms with van der Waals surface area (Å²) in [6, 6.07) is 0. The Labute approximate surface area is 121 Å². The first-order chi connectivity index (χ1) is 8.18. The molecular formula is C13H25ClN2OS. The normalized spacial score (nSPS) is 28.7. The SMILES string of the molecule is CC1(CNC(=O)CC2CCNCC2)CCCS1.Cl. The Morgan fingerprint density at radius 3 is 2.78 bits per heavy atom. The van der Waals surface area contributed by atoms with Crippen molar-refractivity contribution in [1.82, 2.24) is 10.6 Å². The number of carbonyl (C=O) groups excluding carboxylic acids is 1. The van der Waals surface area contributed by atoms with Crippen molar-refractivity contribution in [3.63, 3.8) is 0 Å². The van der Waals surface area contributed by atoms with E-state index in [9.17, 15) is 4.79 Å². The summed E-state index contributed by atoms with van der Waals surface area (Å²) in [6.45, 7) is 5.27. The fourth-order valence-corrected chi connectivity index (χ4v) is 3.93. The van der Waals surface area contributed by atoms with E-state index in [0.29, 0.717) is 10.7 Å². The van der Waals surface area contributed by atoms with Gasteiger partial charge in [0.05, 0.1) is 0 Å². The summed E-state index contributed by atoms with van der Waals surface area (Å²) >= 11 is 2.01. The quantitative estimate of drug-likeness (QED) is 0.835. The van der Waals surface area contributed by atoms with Crippen LogP contribution in [0.15, 0.2) is 0 Å². The Morgan fingerprint density at radius 2 is 2.17 bits per heavy atom. The summed E-state index contributed by atoms with van der Waals surface area (Å²) in [5.41, 5.74) is 0. The Balaban J connectivity index is 0.00000162. The highest BCUT2D eigenvalue weighted by Crippen LogP contribution is 2.36. The lowest BCUT2D eigenvalue weighted by atomic mass is 9.94. The van der Waals surface area contributed by atoms with Crippen molar-refractivity contribution in [2.75, 3.05) is 25.4 Å². The largest absolute Gasteiger partial charge is 0.355 e. The molecule has 5 heteroatoms. The molecule has 2 rings (SSSR count). The van der Waals surface area contributed by atoms with Crippen molar-refractivity contribution in [3.05, 3.63) is 0 Å². The molecule has 0 bridgehead atoms. The maximum atomic E-state index is 11.9. The first-order valence-electron chi connectivity index (χ1n) is 6.79. The topological polar surface area (TPSA) is 41.1 Å². The number of piperidine rings is 1. The number of amides is 1. The fraction of sp³-hybridized carbons (Fsp3) is 0.923. The predicted molar refractivity (Wildman–Crippen MR) is 80.6 cm³/mol. The molecule has 106 valence electrons. The van der Waals surface area contributed by atoms with Crippen molar-refractivity contribution in [1.29, 1.82) is 0 Å². The third kappa shape index (κ3) is 4.98. The Hall–Kier alpha value is 0.0700. The van der Waals surface area contributed by atoms with Gasteiger partial charge in [-0.05, 0) is 57.4 Å². The van der Waals surface area contributed by atoms with Crippen LogP contribution < -0.4 is 10.6 Å². The highest BCUT2D eigenvalue weighted by Gasteiger charge is 2.29. The summed E-state index contributed by atoms with van der Waals surface area (Å²) in [6.07, 6.45) is 5.57. The predicted octanol–water partition coefficient (Wildman–Crippen LogP) is 2.20. The molecule has 0 aromatic rings. The molecule has 0 aliphatic carbocycles. The first-order valence-corrected chi connectivity index (χ1v) is 7.78. The second-order valence-electron chi connectivity index (χ2n) is 5.58. The summed E-state index contributed by atoms with van der Waals surface area (Å²) in [5, 5.41) is 6.47. The van der Waals surface area contributed by atoms with E-state index in [2.05, 4.69) is 17.6 Å². The molecule has 0 aromatic heterocycles. The molecule has 1 unspecified atom stereocenters. The zero-order valence-electron chi connectivity index (χ0n) is 11.2. The first kappa shape index (κ1) is 16.1. The number of thioether (sulfide) groups is 1. The van der Waals surface area contributed by atoms with Crippen LogP contribution in [0, 0.1) is 5.92 Å². The van der Waals surface area contributed by atoms with Crippen LogP contribution in [-0.4, -0.2) is 36.0 Å². The van der Waals surface area contributed by atoms with Gasteiger partial charge in [0.2, 0.25) is 5.91 Å². The van der Waals surface area contributed by atoms with Crippen LogP contribution in [0.25, 0.3) is 0 Å². The second kappa shape index (κ2) is 7.61. The van der Waals surface area contributed by atoms with E-state index in [-0.39, 0.29) is 18.3 Å². The minimum atomic E-state index is 0. The average Bonchev–Trinajstić information content (AvgIpc) is 2.76. The monoisotopic (exact) mass is 292 g/mol. The fourth-order valence-electron chi connectivity index (χ4n) is 2.68. The van der Waals surface area contributed by atoms with Gasteiger partial charge in [-0.25, -0.2) is 0 Å². The maximum absolute atomic E-state index is 11.9. The maximum Gasteiger partial charge on any atom is 0.220 e. The van der Waals surface area contributed by atoms with Crippen molar-refractivity contribution in [2.24, 2.45) is 5.92 Å². The summed E-state index contributed by atoms with van der Waals surface area (Å²) in [4.78, 5) is 11.9. The molecule has 0 aromatic carbocycles. The van der Waals surface area contributed by atoms with E-state index in [1.54, 1.807) is 0 Å². The Bertz CT molecular complexity index is 264. The molecule has 2 aliphatic rings. The van der Waals surface area contributed by atoms with E-state index in [1.807, 2.05) is 11.8 Å². The van der Waals surface area contributed by atoms with Crippen LogP contribution in [0.4, 0.5) is 0 Å². The Kier molecular flexibility index (Phi) is 6.82. The van der Waals surface area contributed by atoms with Crippen molar-refractivity contribution in [2.45, 2.75) is 43.8 Å². The molecule has 2 N–H and O–H groups in total. The van der Waals surface area contributed by atoms with Gasteiger partial charge in [0.15, 0.2) is 0 Å². The van der Waals surface area contributed by atoms with Gasteiger partial charge in [0.1, 0.15) is 0 Å². The van der Waals surface area contributed by atoms with E-state index < -0.39 is 0 Å². The van der Waals surface area contributed by atoms with Gasteiger partial charge in [0, 0.05) is 17.7 Å². The highest BCUT2D eigenvalue weighted by atomic mass is 35.5. The molecule has 1 amide bonds. The molecule has 0 radical (unpaired) electrons. The molecule has 18 heavy (non-hydrogen) atoms. The lowest BCUT2D eigenvalue weighted by Crippen LogP contribution is -2.38. The number of hydrogen-bond donors (Lipinski definition) is 2. The van der Waals surface area contributed by atoms with Crippen molar-refractivity contribution < 1.29 is 4.79 Å². The molecule has 1 atom stereocenters. The van der Waals surface area contributed by atoms with Gasteiger partial charge in [-0.3, -0.25) is 4.79 Å². The standard InChI is InChI=1S/C13H24N2OS.ClH/c1-13(5-2-8-17-13)10-15-12(16)9-11-3-6-14-7-4-11;/h11,14H,2-10H2,1H3,(H,15,16);1H. The third-order valence-corrected chi connectivity index (χ3v) is 5.43. The molecular weight excluding hydrogens is 268 g/mol. The number of nitrogens with one attached hydrogen (secondary N) is 2. The molecule has 0 spiro atoms. The summed E-state index contributed by atoms with van der Waals surface area (Å²) < 4.78 is 0.295. The van der Waals surface area contributed by atoms with Crippen LogP contribution in [0.5, 0.6) is 0 Å². The van der Waals surface area contributed by atoms with Crippen LogP contribution in [0.3, 0.4) is 0 Å². The second-order valence-corrected chi connectivity index (χ2v) is 7.26. The van der Waals surface area contributed by atoms with Crippen molar-refractivity contribution >= 4 is 30.1 Å². The zero-order valence-corrected chi connectivity index (χ0v) is 12.8. The molecule has 2 fully saturated rings.